The minimum Gasteiger partial charge on any atom is -0.497 e. The summed E-state index contributed by atoms with van der Waals surface area (Å²) in [5.74, 6) is -0.380. The van der Waals surface area contributed by atoms with E-state index in [-0.39, 0.29) is 17.7 Å². The maximum absolute atomic E-state index is 13.1. The summed E-state index contributed by atoms with van der Waals surface area (Å²) in [6.07, 6.45) is 5.17. The molecule has 4 rings (SSSR count). The van der Waals surface area contributed by atoms with E-state index in [1.807, 2.05) is 30.3 Å². The third-order valence-corrected chi connectivity index (χ3v) is 7.95. The van der Waals surface area contributed by atoms with Crippen molar-refractivity contribution in [2.24, 2.45) is 5.41 Å². The van der Waals surface area contributed by atoms with E-state index in [9.17, 15) is 19.4 Å². The Labute approximate surface area is 222 Å². The molecule has 0 saturated carbocycles. The van der Waals surface area contributed by atoms with E-state index >= 15 is 0 Å². The molecular weight excluding hydrogens is 495 g/mol. The SMILES string of the molecule is COc1ccc2ncc(Cl)c([C@H](O)CCC3(CC(=O)O)CCN(CCCc4ccc(F)cc4)CC3)c2c1. The van der Waals surface area contributed by atoms with Gasteiger partial charge in [-0.2, -0.15) is 0 Å². The van der Waals surface area contributed by atoms with Crippen LogP contribution >= 0.6 is 11.6 Å². The Morgan fingerprint density at radius 1 is 1.22 bits per heavy atom. The van der Waals surface area contributed by atoms with E-state index in [0.29, 0.717) is 34.7 Å². The first kappa shape index (κ1) is 27.3. The quantitative estimate of drug-likeness (QED) is 0.316. The number of benzene rings is 2. The highest BCUT2D eigenvalue weighted by molar-refractivity contribution is 6.32. The van der Waals surface area contributed by atoms with Gasteiger partial charge in [-0.25, -0.2) is 4.39 Å². The van der Waals surface area contributed by atoms with Crippen LogP contribution in [0.5, 0.6) is 5.75 Å². The first-order valence-corrected chi connectivity index (χ1v) is 13.2. The molecule has 6 nitrogen and oxygen atoms in total. The second-order valence-corrected chi connectivity index (χ2v) is 10.5. The van der Waals surface area contributed by atoms with E-state index in [1.54, 1.807) is 13.3 Å². The van der Waals surface area contributed by atoms with Crippen LogP contribution in [0.2, 0.25) is 5.02 Å². The Morgan fingerprint density at radius 2 is 1.95 bits per heavy atom. The third kappa shape index (κ3) is 6.98. The van der Waals surface area contributed by atoms with Crippen LogP contribution in [0.3, 0.4) is 0 Å². The zero-order valence-corrected chi connectivity index (χ0v) is 21.9. The average molecular weight is 529 g/mol. The summed E-state index contributed by atoms with van der Waals surface area (Å²) in [6, 6.07) is 12.1. The molecule has 8 heteroatoms. The zero-order valence-electron chi connectivity index (χ0n) is 21.1. The summed E-state index contributed by atoms with van der Waals surface area (Å²) in [6.45, 7) is 2.56. The number of halogens is 2. The molecule has 1 atom stereocenters. The van der Waals surface area contributed by atoms with Crippen molar-refractivity contribution in [1.29, 1.82) is 0 Å². The Kier molecular flexibility index (Phi) is 9.00. The number of aryl methyl sites for hydroxylation is 1. The number of pyridine rings is 1. The predicted octanol–water partition coefficient (Wildman–Crippen LogP) is 6.04. The molecule has 0 radical (unpaired) electrons. The number of carboxylic acid groups (broad SMARTS) is 1. The molecule has 0 unspecified atom stereocenters. The number of aliphatic carboxylic acids is 1. The van der Waals surface area contributed by atoms with Crippen molar-refractivity contribution in [3.8, 4) is 5.75 Å². The van der Waals surface area contributed by atoms with E-state index in [0.717, 1.165) is 56.3 Å². The van der Waals surface area contributed by atoms with Gasteiger partial charge in [0.1, 0.15) is 11.6 Å². The lowest BCUT2D eigenvalue weighted by atomic mass is 9.71. The van der Waals surface area contributed by atoms with Gasteiger partial charge >= 0.3 is 5.97 Å². The van der Waals surface area contributed by atoms with Gasteiger partial charge in [0, 0.05) is 17.1 Å². The van der Waals surface area contributed by atoms with E-state index < -0.39 is 12.1 Å². The number of carbonyl (C=O) groups is 1. The molecule has 198 valence electrons. The van der Waals surface area contributed by atoms with Crippen LogP contribution in [0.4, 0.5) is 4.39 Å². The molecule has 0 spiro atoms. The van der Waals surface area contributed by atoms with Gasteiger partial charge in [0.05, 0.1) is 30.2 Å². The Balaban J connectivity index is 1.38. The first-order chi connectivity index (χ1) is 17.8. The predicted molar refractivity (Wildman–Crippen MR) is 143 cm³/mol. The van der Waals surface area contributed by atoms with Crippen molar-refractivity contribution >= 4 is 28.5 Å². The van der Waals surface area contributed by atoms with E-state index in [1.165, 1.54) is 12.1 Å². The summed E-state index contributed by atoms with van der Waals surface area (Å²) >= 11 is 6.47. The number of fused-ring (bicyclic) bond motifs is 1. The third-order valence-electron chi connectivity index (χ3n) is 7.65. The van der Waals surface area contributed by atoms with Crippen LogP contribution in [0.1, 0.15) is 55.8 Å². The smallest absolute Gasteiger partial charge is 0.303 e. The maximum Gasteiger partial charge on any atom is 0.303 e. The van der Waals surface area contributed by atoms with Crippen molar-refractivity contribution in [2.45, 2.75) is 51.0 Å². The number of nitrogens with zero attached hydrogens (tertiary/aromatic N) is 2. The van der Waals surface area contributed by atoms with Crippen LogP contribution in [0.25, 0.3) is 10.9 Å². The van der Waals surface area contributed by atoms with E-state index in [4.69, 9.17) is 16.3 Å². The van der Waals surface area contributed by atoms with Crippen LogP contribution in [-0.4, -0.2) is 52.8 Å². The molecular formula is C29H34ClFN2O4. The van der Waals surface area contributed by atoms with Gasteiger partial charge in [0.2, 0.25) is 0 Å². The summed E-state index contributed by atoms with van der Waals surface area (Å²) < 4.78 is 18.5. The Hall–Kier alpha value is -2.74. The van der Waals surface area contributed by atoms with Crippen LogP contribution in [0, 0.1) is 11.2 Å². The second-order valence-electron chi connectivity index (χ2n) is 10.1. The Bertz CT molecular complexity index is 1210. The molecule has 2 heterocycles. The number of aliphatic hydroxyl groups is 1. The highest BCUT2D eigenvalue weighted by Crippen LogP contribution is 2.43. The van der Waals surface area contributed by atoms with Crippen molar-refractivity contribution in [2.75, 3.05) is 26.7 Å². The van der Waals surface area contributed by atoms with Gasteiger partial charge in [0.15, 0.2) is 0 Å². The summed E-state index contributed by atoms with van der Waals surface area (Å²) in [5, 5.41) is 22.0. The van der Waals surface area contributed by atoms with Gasteiger partial charge < -0.3 is 19.8 Å². The minimum atomic E-state index is -0.843. The maximum atomic E-state index is 13.1. The largest absolute Gasteiger partial charge is 0.497 e. The second kappa shape index (κ2) is 12.2. The normalized spacial score (nSPS) is 16.5. The standard InChI is InChI=1S/C29H34ClFN2O4/c1-37-22-8-9-25-23(17-22)28(24(30)19-32-25)26(34)10-11-29(18-27(35)36)12-15-33(16-13-29)14-2-3-20-4-6-21(31)7-5-20/h4-9,17,19,26,34H,2-3,10-16,18H2,1H3,(H,35,36)/t26-/m1/s1. The lowest BCUT2D eigenvalue weighted by molar-refractivity contribution is -0.141. The highest BCUT2D eigenvalue weighted by atomic mass is 35.5. The van der Waals surface area contributed by atoms with Crippen LogP contribution in [-0.2, 0) is 11.2 Å². The van der Waals surface area contributed by atoms with Gasteiger partial charge in [-0.15, -0.1) is 0 Å². The molecule has 1 fully saturated rings. The Morgan fingerprint density at radius 3 is 2.62 bits per heavy atom. The van der Waals surface area contributed by atoms with E-state index in [2.05, 4.69) is 9.88 Å². The number of methoxy groups -OCH3 is 1. The summed E-state index contributed by atoms with van der Waals surface area (Å²) in [4.78, 5) is 18.5. The summed E-state index contributed by atoms with van der Waals surface area (Å²) in [7, 11) is 1.58. The fourth-order valence-electron chi connectivity index (χ4n) is 5.47. The lowest BCUT2D eigenvalue weighted by Gasteiger charge is -2.41. The van der Waals surface area contributed by atoms with Gasteiger partial charge in [0.25, 0.3) is 0 Å². The number of likely N-dealkylation sites (tertiary alicyclic amines) is 1. The molecule has 0 amide bonds. The van der Waals surface area contributed by atoms with Crippen molar-refractivity contribution in [3.05, 3.63) is 70.6 Å². The van der Waals surface area contributed by atoms with Gasteiger partial charge in [-0.1, -0.05) is 23.7 Å². The minimum absolute atomic E-state index is 0.0851. The molecule has 1 aromatic heterocycles. The average Bonchev–Trinajstić information content (AvgIpc) is 2.89. The molecule has 2 N–H and O–H groups in total. The number of hydrogen-bond donors (Lipinski definition) is 2. The first-order valence-electron chi connectivity index (χ1n) is 12.8. The lowest BCUT2D eigenvalue weighted by Crippen LogP contribution is -2.41. The van der Waals surface area contributed by atoms with Crippen molar-refractivity contribution < 1.29 is 24.1 Å². The van der Waals surface area contributed by atoms with Crippen molar-refractivity contribution in [3.63, 3.8) is 0 Å². The molecule has 0 aliphatic carbocycles. The molecule has 3 aromatic rings. The molecule has 0 bridgehead atoms. The molecule has 1 aliphatic rings. The molecule has 1 aliphatic heterocycles. The van der Waals surface area contributed by atoms with Crippen LogP contribution < -0.4 is 4.74 Å². The van der Waals surface area contributed by atoms with Gasteiger partial charge in [-0.3, -0.25) is 9.78 Å². The number of ether oxygens (including phenoxy) is 1. The van der Waals surface area contributed by atoms with Crippen LogP contribution in [0.15, 0.2) is 48.7 Å². The monoisotopic (exact) mass is 528 g/mol. The summed E-state index contributed by atoms with van der Waals surface area (Å²) in [5.41, 5.74) is 2.07. The molecule has 37 heavy (non-hydrogen) atoms. The number of aromatic nitrogens is 1. The van der Waals surface area contributed by atoms with Crippen molar-refractivity contribution in [1.82, 2.24) is 9.88 Å². The van der Waals surface area contributed by atoms with Gasteiger partial charge in [-0.05, 0) is 99.5 Å². The topological polar surface area (TPSA) is 82.9 Å². The number of hydrogen-bond acceptors (Lipinski definition) is 5. The number of aliphatic hydroxyl groups excluding tert-OH is 1. The number of piperidine rings is 1. The zero-order chi connectivity index (χ0) is 26.4. The number of rotatable bonds is 11. The fourth-order valence-corrected chi connectivity index (χ4v) is 5.74. The highest BCUT2D eigenvalue weighted by Gasteiger charge is 2.37. The molecule has 1 saturated heterocycles. The number of carboxylic acids is 1. The molecule has 2 aromatic carbocycles. The fraction of sp³-hybridized carbons (Fsp3) is 0.448.